The van der Waals surface area contributed by atoms with E-state index < -0.39 is 17.5 Å². The van der Waals surface area contributed by atoms with Gasteiger partial charge >= 0.3 is 6.18 Å². The van der Waals surface area contributed by atoms with Crippen molar-refractivity contribution in [1.29, 1.82) is 0 Å². The lowest BCUT2D eigenvalue weighted by Gasteiger charge is -2.35. The van der Waals surface area contributed by atoms with Crippen LogP contribution in [0.2, 0.25) is 0 Å². The number of halogens is 3. The van der Waals surface area contributed by atoms with Gasteiger partial charge in [-0.1, -0.05) is 24.4 Å². The topological polar surface area (TPSA) is 111 Å². The number of fused-ring (bicyclic) bond motifs is 1. The molecule has 32 heavy (non-hydrogen) atoms. The number of nitrogens with zero attached hydrogens (tertiary/aromatic N) is 6. The fraction of sp³-hybridized carbons (Fsp3) is 0.600. The van der Waals surface area contributed by atoms with Gasteiger partial charge in [0.1, 0.15) is 5.54 Å². The molecule has 1 saturated carbocycles. The summed E-state index contributed by atoms with van der Waals surface area (Å²) in [6.07, 6.45) is 0.196. The van der Waals surface area contributed by atoms with Crippen molar-refractivity contribution < 1.29 is 22.5 Å². The van der Waals surface area contributed by atoms with E-state index in [1.54, 1.807) is 20.8 Å². The Kier molecular flexibility index (Phi) is 5.63. The maximum Gasteiger partial charge on any atom is 0.453 e. The minimum absolute atomic E-state index is 0.117. The van der Waals surface area contributed by atoms with Crippen molar-refractivity contribution in [1.82, 2.24) is 35.0 Å². The van der Waals surface area contributed by atoms with Crippen LogP contribution in [0, 0.1) is 20.8 Å². The van der Waals surface area contributed by atoms with Gasteiger partial charge in [-0.3, -0.25) is 4.79 Å². The Labute approximate surface area is 181 Å². The molecule has 1 N–H and O–H groups in total. The molecule has 0 aliphatic heterocycles. The summed E-state index contributed by atoms with van der Waals surface area (Å²) in [4.78, 5) is 24.9. The zero-order valence-corrected chi connectivity index (χ0v) is 18.1. The molecule has 0 spiro atoms. The fourth-order valence-corrected chi connectivity index (χ4v) is 4.31. The Bertz CT molecular complexity index is 1150. The van der Waals surface area contributed by atoms with Gasteiger partial charge in [-0.05, 0) is 38.7 Å². The lowest BCUT2D eigenvalue weighted by molar-refractivity contribution is -0.144. The highest BCUT2D eigenvalue weighted by molar-refractivity contribution is 5.77. The fourth-order valence-electron chi connectivity index (χ4n) is 4.31. The van der Waals surface area contributed by atoms with Crippen LogP contribution in [-0.4, -0.2) is 35.6 Å². The van der Waals surface area contributed by atoms with Gasteiger partial charge < -0.3 is 9.84 Å². The van der Waals surface area contributed by atoms with Crippen molar-refractivity contribution in [3.8, 4) is 0 Å². The number of amides is 1. The highest BCUT2D eigenvalue weighted by Crippen LogP contribution is 2.36. The molecule has 0 bridgehead atoms. The van der Waals surface area contributed by atoms with Crippen molar-refractivity contribution in [2.75, 3.05) is 0 Å². The minimum Gasteiger partial charge on any atom is -0.343 e. The Morgan fingerprint density at radius 1 is 1.12 bits per heavy atom. The number of carbonyl (C=O) groups is 1. The summed E-state index contributed by atoms with van der Waals surface area (Å²) in [5, 5.41) is 10.7. The second kappa shape index (κ2) is 8.14. The van der Waals surface area contributed by atoms with Gasteiger partial charge in [0.05, 0.1) is 0 Å². The Morgan fingerprint density at radius 3 is 2.47 bits per heavy atom. The van der Waals surface area contributed by atoms with E-state index in [4.69, 9.17) is 4.52 Å². The molecule has 12 heteroatoms. The number of hydrogen-bond donors (Lipinski definition) is 1. The van der Waals surface area contributed by atoms with E-state index in [1.807, 2.05) is 0 Å². The number of carbonyl (C=O) groups excluding carboxylic acids is 1. The van der Waals surface area contributed by atoms with E-state index in [-0.39, 0.29) is 18.1 Å². The summed E-state index contributed by atoms with van der Waals surface area (Å²) in [5.74, 6) is -0.620. The van der Waals surface area contributed by atoms with E-state index >= 15 is 0 Å². The molecular weight excluding hydrogens is 427 g/mol. The lowest BCUT2D eigenvalue weighted by Crippen LogP contribution is -2.48. The predicted molar refractivity (Wildman–Crippen MR) is 106 cm³/mol. The van der Waals surface area contributed by atoms with Gasteiger partial charge in [0.25, 0.3) is 11.6 Å². The first-order valence-electron chi connectivity index (χ1n) is 10.5. The summed E-state index contributed by atoms with van der Waals surface area (Å²) < 4.78 is 45.1. The molecule has 172 valence electrons. The molecule has 0 unspecified atom stereocenters. The van der Waals surface area contributed by atoms with Crippen molar-refractivity contribution in [3.63, 3.8) is 0 Å². The molecule has 4 rings (SSSR count). The van der Waals surface area contributed by atoms with Crippen LogP contribution in [0.1, 0.15) is 73.0 Å². The second-order valence-electron chi connectivity index (χ2n) is 8.23. The minimum atomic E-state index is -4.66. The van der Waals surface area contributed by atoms with Gasteiger partial charge in [-0.15, -0.1) is 5.10 Å². The Balaban J connectivity index is 1.53. The van der Waals surface area contributed by atoms with Gasteiger partial charge in [-0.2, -0.15) is 23.1 Å². The van der Waals surface area contributed by atoms with Crippen molar-refractivity contribution in [3.05, 3.63) is 34.5 Å². The predicted octanol–water partition coefficient (Wildman–Crippen LogP) is 3.36. The van der Waals surface area contributed by atoms with Crippen molar-refractivity contribution in [2.24, 2.45) is 0 Å². The molecule has 1 fully saturated rings. The number of alkyl halides is 3. The van der Waals surface area contributed by atoms with Gasteiger partial charge in [0.15, 0.2) is 5.82 Å². The largest absolute Gasteiger partial charge is 0.453 e. The molecule has 3 heterocycles. The zero-order chi connectivity index (χ0) is 23.1. The maximum atomic E-state index is 13.0. The number of aryl methyl sites for hydroxylation is 3. The van der Waals surface area contributed by atoms with Crippen LogP contribution in [0.5, 0.6) is 0 Å². The molecule has 1 aliphatic carbocycles. The summed E-state index contributed by atoms with van der Waals surface area (Å²) in [7, 11) is 0. The second-order valence-corrected chi connectivity index (χ2v) is 8.23. The first-order chi connectivity index (χ1) is 15.1. The lowest BCUT2D eigenvalue weighted by atomic mass is 9.80. The third kappa shape index (κ3) is 4.17. The number of hydrogen-bond acceptors (Lipinski definition) is 7. The average Bonchev–Trinajstić information content (AvgIpc) is 3.35. The smallest absolute Gasteiger partial charge is 0.343 e. The van der Waals surface area contributed by atoms with E-state index in [2.05, 4.69) is 30.5 Å². The Morgan fingerprint density at radius 2 is 1.84 bits per heavy atom. The van der Waals surface area contributed by atoms with Crippen LogP contribution in [-0.2, 0) is 22.9 Å². The van der Waals surface area contributed by atoms with Gasteiger partial charge in [0.2, 0.25) is 11.8 Å². The highest BCUT2D eigenvalue weighted by atomic mass is 19.4. The molecule has 3 aromatic rings. The van der Waals surface area contributed by atoms with Gasteiger partial charge in [-0.25, -0.2) is 9.50 Å². The van der Waals surface area contributed by atoms with Crippen LogP contribution in [0.25, 0.3) is 5.78 Å². The molecule has 0 radical (unpaired) electrons. The van der Waals surface area contributed by atoms with Crippen LogP contribution < -0.4 is 5.32 Å². The summed E-state index contributed by atoms with van der Waals surface area (Å²) >= 11 is 0. The van der Waals surface area contributed by atoms with E-state index in [0.29, 0.717) is 35.1 Å². The standard InChI is InChI=1S/C20H24F3N7O2/c1-11-14(12(2)30-18(24-11)26-17(28-30)20(21,22)23)7-8-15(31)27-19(9-5-4-6-10-19)16-25-13(3)32-29-16/h4-10H2,1-3H3,(H,27,31). The maximum absolute atomic E-state index is 13.0. The van der Waals surface area contributed by atoms with Crippen molar-refractivity contribution in [2.45, 2.75) is 77.4 Å². The van der Waals surface area contributed by atoms with Crippen LogP contribution >= 0.6 is 0 Å². The van der Waals surface area contributed by atoms with E-state index in [1.165, 1.54) is 0 Å². The van der Waals surface area contributed by atoms with Gasteiger partial charge in [0, 0.05) is 24.7 Å². The summed E-state index contributed by atoms with van der Waals surface area (Å²) in [6, 6.07) is 0. The molecule has 0 atom stereocenters. The third-order valence-corrected chi connectivity index (χ3v) is 5.95. The average molecular weight is 451 g/mol. The molecule has 1 aliphatic rings. The highest BCUT2D eigenvalue weighted by Gasteiger charge is 2.40. The molecule has 9 nitrogen and oxygen atoms in total. The third-order valence-electron chi connectivity index (χ3n) is 5.95. The van der Waals surface area contributed by atoms with Crippen LogP contribution in [0.3, 0.4) is 0 Å². The number of aromatic nitrogens is 6. The summed E-state index contributed by atoms with van der Waals surface area (Å²) in [5.41, 5.74) is 1.00. The molecule has 0 saturated heterocycles. The molecule has 0 aromatic carbocycles. The zero-order valence-electron chi connectivity index (χ0n) is 18.1. The first-order valence-corrected chi connectivity index (χ1v) is 10.5. The quantitative estimate of drug-likeness (QED) is 0.633. The normalized spacial score (nSPS) is 16.4. The molecule has 1 amide bonds. The van der Waals surface area contributed by atoms with Crippen LogP contribution in [0.15, 0.2) is 4.52 Å². The monoisotopic (exact) mass is 451 g/mol. The van der Waals surface area contributed by atoms with Crippen molar-refractivity contribution >= 4 is 11.7 Å². The number of rotatable bonds is 5. The van der Waals surface area contributed by atoms with E-state index in [0.717, 1.165) is 36.6 Å². The Hall–Kier alpha value is -3.05. The molecular formula is C20H24F3N7O2. The SMILES string of the molecule is Cc1nc(C2(NC(=O)CCc3c(C)nc4nc(C(F)(F)F)nn4c3C)CCCCC2)no1. The number of nitrogens with one attached hydrogen (secondary N) is 1. The van der Waals surface area contributed by atoms with Crippen LogP contribution in [0.4, 0.5) is 13.2 Å². The molecule has 3 aromatic heterocycles. The first kappa shape index (κ1) is 22.2. The van der Waals surface area contributed by atoms with E-state index in [9.17, 15) is 18.0 Å². The summed E-state index contributed by atoms with van der Waals surface area (Å²) in [6.45, 7) is 5.04.